The number of anilines is 1. The first-order chi connectivity index (χ1) is 58.2. The highest BCUT2D eigenvalue weighted by Gasteiger charge is 2.05. The van der Waals surface area contributed by atoms with Gasteiger partial charge in [-0.2, -0.15) is 40.8 Å². The largest absolute Gasteiger partial charge is 0.496 e. The van der Waals surface area contributed by atoms with E-state index in [4.69, 9.17) is 184 Å². The number of hydrogen-bond acceptors (Lipinski definition) is 25. The lowest BCUT2D eigenvalue weighted by molar-refractivity contribution is -0.135. The van der Waals surface area contributed by atoms with Gasteiger partial charge in [0.2, 0.25) is 47.7 Å². The number of pyridine rings is 2. The number of nitrogens with one attached hydrogen (secondary N) is 2. The molecule has 124 heavy (non-hydrogen) atoms. The van der Waals surface area contributed by atoms with Gasteiger partial charge in [0, 0.05) is 110 Å². The molecule has 51 heteroatoms. The molecule has 33 N–H and O–H groups in total. The summed E-state index contributed by atoms with van der Waals surface area (Å²) < 4.78 is 19.1. The minimum Gasteiger partial charge on any atom is -0.496 e. The average Bonchev–Trinajstić information content (AvgIpc) is 0.872. The topological polar surface area (TPSA) is 767 Å². The van der Waals surface area contributed by atoms with E-state index in [0.29, 0.717) is 41.9 Å². The van der Waals surface area contributed by atoms with Crippen molar-refractivity contribution in [2.24, 2.45) is 157 Å². The molecule has 0 bridgehead atoms. The molecular weight excluding hydrogens is 1810 g/mol. The van der Waals surface area contributed by atoms with Crippen molar-refractivity contribution in [1.29, 1.82) is 0 Å². The number of nitrogens with zero attached hydrogens (tertiary/aromatic N) is 19. The lowest BCUT2D eigenvalue weighted by Crippen LogP contribution is -2.21. The number of para-hydroxylation sites is 1. The van der Waals surface area contributed by atoms with Crippen LogP contribution in [0.15, 0.2) is 262 Å². The van der Waals surface area contributed by atoms with Gasteiger partial charge < -0.3 is 100 Å². The Hall–Kier alpha value is -15.2. The van der Waals surface area contributed by atoms with Crippen LogP contribution >= 0.6 is 85.5 Å². The lowest BCUT2D eigenvalue weighted by Gasteiger charge is -2.01. The third-order valence-corrected chi connectivity index (χ3v) is 13.9. The number of carboxylic acid groups (broad SMARTS) is 3. The number of aliphatic carboxylic acids is 3. The van der Waals surface area contributed by atoms with E-state index in [-0.39, 0.29) is 71.2 Å². The van der Waals surface area contributed by atoms with E-state index in [9.17, 15) is 9.18 Å². The Bertz CT molecular complexity index is 4820. The number of aromatic amines is 1. The highest BCUT2D eigenvalue weighted by molar-refractivity contribution is 9.10. The van der Waals surface area contributed by atoms with Crippen molar-refractivity contribution in [1.82, 2.24) is 25.1 Å². The monoisotopic (exact) mass is 1890 g/mol. The molecule has 3 heterocycles. The molecule has 0 amide bonds. The van der Waals surface area contributed by atoms with E-state index in [2.05, 4.69) is 123 Å². The third-order valence-electron chi connectivity index (χ3n) is 11.2. The van der Waals surface area contributed by atoms with Crippen molar-refractivity contribution >= 4 is 201 Å². The summed E-state index contributed by atoms with van der Waals surface area (Å²) in [6.45, 7) is 4.82. The Morgan fingerprint density at radius 2 is 0.702 bits per heavy atom. The molecule has 0 fully saturated rings. The van der Waals surface area contributed by atoms with Crippen molar-refractivity contribution in [3.8, 4) is 5.75 Å². The Balaban J connectivity index is -0.00000132. The second kappa shape index (κ2) is 68.7. The van der Waals surface area contributed by atoms with Crippen LogP contribution in [0.1, 0.15) is 78.4 Å². The van der Waals surface area contributed by atoms with Crippen molar-refractivity contribution < 1.29 is 38.8 Å². The van der Waals surface area contributed by atoms with Crippen LogP contribution in [0.5, 0.6) is 5.75 Å². The van der Waals surface area contributed by atoms with Crippen LogP contribution in [0.2, 0.25) is 30.1 Å². The molecule has 0 spiro atoms. The fourth-order valence-electron chi connectivity index (χ4n) is 6.41. The fourth-order valence-corrected chi connectivity index (χ4v) is 7.90. The summed E-state index contributed by atoms with van der Waals surface area (Å²) in [4.78, 5) is 48.4. The Labute approximate surface area is 747 Å². The molecule has 0 aliphatic rings. The van der Waals surface area contributed by atoms with Gasteiger partial charge in [0.25, 0.3) is 23.5 Å². The van der Waals surface area contributed by atoms with Crippen LogP contribution in [-0.2, 0) is 14.4 Å². The summed E-state index contributed by atoms with van der Waals surface area (Å²) >= 11 is 38.2. The second-order valence-electron chi connectivity index (χ2n) is 21.2. The van der Waals surface area contributed by atoms with Gasteiger partial charge in [-0.25, -0.2) is 9.82 Å². The Kier molecular flexibility index (Phi) is 62.6. The first-order valence-corrected chi connectivity index (χ1v) is 36.2. The van der Waals surface area contributed by atoms with Crippen LogP contribution < -0.4 is 96.0 Å². The van der Waals surface area contributed by atoms with Crippen LogP contribution in [0.3, 0.4) is 0 Å². The van der Waals surface area contributed by atoms with E-state index in [0.717, 1.165) is 65.0 Å². The lowest BCUT2D eigenvalue weighted by atomic mass is 10.2. The van der Waals surface area contributed by atoms with Crippen molar-refractivity contribution in [3.05, 3.63) is 277 Å². The quantitative estimate of drug-likeness (QED) is 0.0224. The summed E-state index contributed by atoms with van der Waals surface area (Å²) in [6.07, 6.45) is 17.9. The number of H-pyrrole nitrogens is 1. The molecule has 0 atom stereocenters. The summed E-state index contributed by atoms with van der Waals surface area (Å²) in [5.74, 6) is -2.76. The zero-order valence-corrected chi connectivity index (χ0v) is 71.5. The third kappa shape index (κ3) is 62.1. The van der Waals surface area contributed by atoms with Crippen molar-refractivity contribution in [3.63, 3.8) is 0 Å². The molecule has 0 radical (unpaired) electrons. The van der Waals surface area contributed by atoms with Gasteiger partial charge in [0.1, 0.15) is 17.3 Å². The summed E-state index contributed by atoms with van der Waals surface area (Å²) in [7, 11) is 1.59. The number of ether oxygens (including phenoxy) is 1. The number of carboxylic acids is 3. The van der Waals surface area contributed by atoms with Gasteiger partial charge in [-0.1, -0.05) is 184 Å². The molecule has 3 aromatic heterocycles. The molecule has 0 unspecified atom stereocenters. The van der Waals surface area contributed by atoms with Gasteiger partial charge in [-0.15, -0.1) is 45.9 Å². The summed E-state index contributed by atoms with van der Waals surface area (Å²) in [5.41, 5.74) is 79.2. The number of aromatic nitrogens is 5. The first-order valence-electron chi connectivity index (χ1n) is 33.1. The fraction of sp³-hybridized carbons (Fsp3) is 0.0822. The maximum Gasteiger partial charge on any atom is 0.300 e. The van der Waals surface area contributed by atoms with Crippen LogP contribution in [0.25, 0.3) is 0 Å². The maximum atomic E-state index is 13.1. The SMILES string of the molecule is C.CC(=O)O.CC(=O)O.CC(=O)O.COc1ccccc1/C=N/N=C(N)N.Cc1nnc(N/N=C/c2ccccc2Cl)[nH]c1=O.NC(N)=N/N=C/c1c(F)cccc1Cl.NC(N)=N/N=C/c1ccccc1Br.NC(N)=N/N=C/c1ccccc1Cl.NC(N)=N/N=C/c1ccccc1Cl.NC(N)=N/N=C/c1ccncc1Cl.NC(N)=N/N=C/c1ccncc1Cl. The van der Waals surface area contributed by atoms with Gasteiger partial charge in [-0.3, -0.25) is 34.1 Å². The number of hydrazone groups is 1. The highest BCUT2D eigenvalue weighted by atomic mass is 79.9. The average molecular weight is 1900 g/mol. The molecule has 9 aromatic rings. The minimum atomic E-state index is -0.833. The van der Waals surface area contributed by atoms with Crippen LogP contribution in [0.4, 0.5) is 10.3 Å². The molecule has 9 rings (SSSR count). The van der Waals surface area contributed by atoms with Gasteiger partial charge in [0.05, 0.1) is 71.9 Å². The number of nitrogens with two attached hydrogens (primary N) is 14. The normalized spacial score (nSPS) is 9.85. The number of guanidine groups is 7. The summed E-state index contributed by atoms with van der Waals surface area (Å²) in [6, 6.07) is 44.5. The van der Waals surface area contributed by atoms with Crippen LogP contribution in [0, 0.1) is 12.7 Å². The molecule has 0 saturated carbocycles. The van der Waals surface area contributed by atoms with Crippen molar-refractivity contribution in [2.75, 3.05) is 12.5 Å². The van der Waals surface area contributed by atoms with Gasteiger partial charge >= 0.3 is 0 Å². The smallest absolute Gasteiger partial charge is 0.300 e. The molecule has 0 aliphatic carbocycles. The number of carbonyl (C=O) groups is 3. The standard InChI is InChI=1S/C11H10ClN5O.C9H12N4O.C8H9BrN4.C8H8ClFN4.2C8H9ClN4.2C7H8ClN5.3C2H4O2.CH4/c1-7-10(18)14-11(17-15-7)16-13-6-8-4-2-3-5-9(8)12;1-14-8-5-3-2-4-7(8)6-12-13-9(10)11;9-7-4-2-1-3-6(7)5-12-13-8(10)11;9-6-2-1-3-7(10)5(6)4-13-14-8(11)12;2*9-7-4-2-1-3-6(7)5-12-13-8(10)11;2*8-6-4-11-2-1-5(6)3-12-13-7(9)10;3*1-2(3)4;/h2-6H,1H3,(H2,14,16,17,18);2-6H,1H3,(H4,10,11,13);1-5H,(H4,10,11,13);1-4H,(H4,11,12,14);2*1-5H,(H4,10,11,13);2*1-4H,(H4,9,10,13);3*1H3,(H,3,4);1H4/b13-6+;12-6+;12-5+;13-4+;2*12-5+;2*12-3+;;;;. The van der Waals surface area contributed by atoms with E-state index >= 15 is 0 Å². The second-order valence-corrected chi connectivity index (χ2v) is 24.5. The number of hydrogen-bond donors (Lipinski definition) is 19. The Morgan fingerprint density at radius 3 is 1.02 bits per heavy atom. The van der Waals surface area contributed by atoms with E-state index < -0.39 is 23.7 Å². The van der Waals surface area contributed by atoms with Gasteiger partial charge in [-0.05, 0) is 67.6 Å². The zero-order valence-electron chi connectivity index (χ0n) is 65.3. The predicted molar refractivity (Wildman–Crippen MR) is 500 cm³/mol. The number of benzene rings is 6. The maximum absolute atomic E-state index is 13.1. The van der Waals surface area contributed by atoms with E-state index in [1.54, 1.807) is 69.0 Å². The Morgan fingerprint density at radius 1 is 0.411 bits per heavy atom. The summed E-state index contributed by atoms with van der Waals surface area (Å²) in [5, 5.41) is 85.9. The molecule has 660 valence electrons. The number of rotatable bonds is 18. The molecule has 0 saturated heterocycles. The van der Waals surface area contributed by atoms with Crippen LogP contribution in [-0.4, -0.2) is 157 Å². The predicted octanol–water partition coefficient (Wildman–Crippen LogP) is 7.51. The van der Waals surface area contributed by atoms with Gasteiger partial charge in [0.15, 0.2) is 0 Å². The number of methoxy groups -OCH3 is 1. The minimum absolute atomic E-state index is 0. The molecule has 6 aromatic carbocycles. The number of halogens is 8. The molecule has 43 nitrogen and oxygen atoms in total. The first kappa shape index (κ1) is 113. The zero-order chi connectivity index (χ0) is 93.0. The molecule has 0 aliphatic heterocycles. The van der Waals surface area contributed by atoms with Crippen molar-refractivity contribution in [2.45, 2.75) is 35.1 Å². The van der Waals surface area contributed by atoms with E-state index in [1.807, 2.05) is 103 Å². The number of aryl methyl sites for hydroxylation is 1. The van der Waals surface area contributed by atoms with E-state index in [1.165, 1.54) is 61.8 Å². The molecular formula is C73H89BrCl6FN35O8. The highest BCUT2D eigenvalue weighted by Crippen LogP contribution is 2.19.